The first kappa shape index (κ1) is 13.2. The number of rotatable bonds is 6. The molecule has 0 amide bonds. The van der Waals surface area contributed by atoms with E-state index in [0.29, 0.717) is 0 Å². The van der Waals surface area contributed by atoms with Crippen LogP contribution in [-0.4, -0.2) is 31.1 Å². The van der Waals surface area contributed by atoms with Gasteiger partial charge in [0, 0.05) is 25.0 Å². The van der Waals surface area contributed by atoms with E-state index in [1.165, 1.54) is 5.56 Å². The smallest absolute Gasteiger partial charge is 0.0105 e. The highest BCUT2D eigenvalue weighted by Gasteiger charge is 2.22. The molecule has 0 saturated carbocycles. The molecule has 0 aliphatic carbocycles. The summed E-state index contributed by atoms with van der Waals surface area (Å²) in [4.78, 5) is 2.41. The Kier molecular flexibility index (Phi) is 4.97. The van der Waals surface area contributed by atoms with Crippen molar-refractivity contribution in [3.8, 4) is 0 Å². The van der Waals surface area contributed by atoms with E-state index in [1.807, 2.05) is 0 Å². The third kappa shape index (κ3) is 3.62. The van der Waals surface area contributed by atoms with Crippen molar-refractivity contribution < 1.29 is 0 Å². The maximum Gasteiger partial charge on any atom is 0.0105 e. The van der Waals surface area contributed by atoms with Crippen LogP contribution in [-0.2, 0) is 5.41 Å². The van der Waals surface area contributed by atoms with Gasteiger partial charge in [-0.25, -0.2) is 0 Å². The number of nitrogens with two attached hydrogens (primary N) is 1. The molecule has 0 spiro atoms. The highest BCUT2D eigenvalue weighted by molar-refractivity contribution is 5.23. The van der Waals surface area contributed by atoms with E-state index < -0.39 is 0 Å². The SMILES string of the molecule is CCN(CCN)CC(C)(C)c1ccccc1. The van der Waals surface area contributed by atoms with Gasteiger partial charge in [0.05, 0.1) is 0 Å². The minimum Gasteiger partial charge on any atom is -0.329 e. The number of hydrogen-bond acceptors (Lipinski definition) is 2. The van der Waals surface area contributed by atoms with Crippen molar-refractivity contribution in [1.82, 2.24) is 4.90 Å². The van der Waals surface area contributed by atoms with Crippen LogP contribution in [0.5, 0.6) is 0 Å². The van der Waals surface area contributed by atoms with E-state index in [1.54, 1.807) is 0 Å². The van der Waals surface area contributed by atoms with Crippen LogP contribution >= 0.6 is 0 Å². The average Bonchev–Trinajstić information content (AvgIpc) is 2.29. The molecule has 2 heteroatoms. The van der Waals surface area contributed by atoms with Crippen LogP contribution in [0.3, 0.4) is 0 Å². The zero-order chi connectivity index (χ0) is 12.0. The van der Waals surface area contributed by atoms with Crippen molar-refractivity contribution in [3.63, 3.8) is 0 Å². The topological polar surface area (TPSA) is 29.3 Å². The van der Waals surface area contributed by atoms with E-state index >= 15 is 0 Å². The minimum atomic E-state index is 0.187. The molecule has 0 saturated heterocycles. The Labute approximate surface area is 99.5 Å². The Balaban J connectivity index is 2.70. The van der Waals surface area contributed by atoms with Crippen molar-refractivity contribution >= 4 is 0 Å². The van der Waals surface area contributed by atoms with Crippen molar-refractivity contribution in [1.29, 1.82) is 0 Å². The average molecular weight is 220 g/mol. The fourth-order valence-electron chi connectivity index (χ4n) is 2.07. The molecule has 2 N–H and O–H groups in total. The van der Waals surface area contributed by atoms with Gasteiger partial charge in [-0.15, -0.1) is 0 Å². The van der Waals surface area contributed by atoms with Gasteiger partial charge < -0.3 is 10.6 Å². The van der Waals surface area contributed by atoms with E-state index in [4.69, 9.17) is 5.73 Å². The molecule has 16 heavy (non-hydrogen) atoms. The van der Waals surface area contributed by atoms with Crippen LogP contribution < -0.4 is 5.73 Å². The highest BCUT2D eigenvalue weighted by Crippen LogP contribution is 2.23. The lowest BCUT2D eigenvalue weighted by molar-refractivity contribution is 0.239. The van der Waals surface area contributed by atoms with Gasteiger partial charge in [0.1, 0.15) is 0 Å². The molecular weight excluding hydrogens is 196 g/mol. The third-order valence-electron chi connectivity index (χ3n) is 3.07. The van der Waals surface area contributed by atoms with Gasteiger partial charge in [-0.05, 0) is 12.1 Å². The van der Waals surface area contributed by atoms with Crippen molar-refractivity contribution in [3.05, 3.63) is 35.9 Å². The standard InChI is InChI=1S/C14H24N2/c1-4-16(11-10-15)12-14(2,3)13-8-6-5-7-9-13/h5-9H,4,10-12,15H2,1-3H3. The molecule has 1 aromatic rings. The molecule has 0 radical (unpaired) electrons. The second-order valence-corrected chi connectivity index (χ2v) is 4.91. The molecule has 1 aromatic carbocycles. The van der Waals surface area contributed by atoms with Gasteiger partial charge in [-0.2, -0.15) is 0 Å². The van der Waals surface area contributed by atoms with Gasteiger partial charge in [0.2, 0.25) is 0 Å². The van der Waals surface area contributed by atoms with Gasteiger partial charge in [-0.3, -0.25) is 0 Å². The van der Waals surface area contributed by atoms with Crippen LogP contribution in [0, 0.1) is 0 Å². The maximum absolute atomic E-state index is 5.62. The zero-order valence-corrected chi connectivity index (χ0v) is 10.7. The van der Waals surface area contributed by atoms with Gasteiger partial charge in [-0.1, -0.05) is 51.1 Å². The van der Waals surface area contributed by atoms with Crippen LogP contribution in [0.25, 0.3) is 0 Å². The third-order valence-corrected chi connectivity index (χ3v) is 3.07. The quantitative estimate of drug-likeness (QED) is 0.796. The van der Waals surface area contributed by atoms with Crippen LogP contribution in [0.4, 0.5) is 0 Å². The van der Waals surface area contributed by atoms with Gasteiger partial charge in [0.15, 0.2) is 0 Å². The second-order valence-electron chi connectivity index (χ2n) is 4.91. The lowest BCUT2D eigenvalue weighted by atomic mass is 9.84. The number of nitrogens with zero attached hydrogens (tertiary/aromatic N) is 1. The molecule has 0 aromatic heterocycles. The number of benzene rings is 1. The van der Waals surface area contributed by atoms with E-state index in [9.17, 15) is 0 Å². The lowest BCUT2D eigenvalue weighted by Crippen LogP contribution is -2.39. The first-order chi connectivity index (χ1) is 7.60. The Morgan fingerprint density at radius 1 is 1.19 bits per heavy atom. The Morgan fingerprint density at radius 3 is 2.31 bits per heavy atom. The van der Waals surface area contributed by atoms with E-state index in [-0.39, 0.29) is 5.41 Å². The number of hydrogen-bond donors (Lipinski definition) is 1. The summed E-state index contributed by atoms with van der Waals surface area (Å²) in [5.41, 5.74) is 7.20. The van der Waals surface area contributed by atoms with Crippen molar-refractivity contribution in [2.75, 3.05) is 26.2 Å². The predicted molar refractivity (Wildman–Crippen MR) is 70.6 cm³/mol. The Hall–Kier alpha value is -0.860. The first-order valence-corrected chi connectivity index (χ1v) is 6.08. The second kappa shape index (κ2) is 6.02. The summed E-state index contributed by atoms with van der Waals surface area (Å²) in [5.74, 6) is 0. The van der Waals surface area contributed by atoms with Gasteiger partial charge in [0.25, 0.3) is 0 Å². The molecule has 1 rings (SSSR count). The summed E-state index contributed by atoms with van der Waals surface area (Å²) in [6.07, 6.45) is 0. The largest absolute Gasteiger partial charge is 0.329 e. The monoisotopic (exact) mass is 220 g/mol. The van der Waals surface area contributed by atoms with Crippen LogP contribution in [0.1, 0.15) is 26.3 Å². The molecule has 0 unspecified atom stereocenters. The Morgan fingerprint density at radius 2 is 1.81 bits per heavy atom. The number of likely N-dealkylation sites (N-methyl/N-ethyl adjacent to an activating group) is 1. The molecule has 0 fully saturated rings. The maximum atomic E-state index is 5.62. The van der Waals surface area contributed by atoms with Crippen LogP contribution in [0.15, 0.2) is 30.3 Å². The van der Waals surface area contributed by atoms with Crippen LogP contribution in [0.2, 0.25) is 0 Å². The Bertz CT molecular complexity index is 293. The lowest BCUT2D eigenvalue weighted by Gasteiger charge is -2.32. The van der Waals surface area contributed by atoms with E-state index in [0.717, 1.165) is 26.2 Å². The molecule has 0 aliphatic rings. The van der Waals surface area contributed by atoms with Crippen molar-refractivity contribution in [2.45, 2.75) is 26.2 Å². The summed E-state index contributed by atoms with van der Waals surface area (Å²) < 4.78 is 0. The summed E-state index contributed by atoms with van der Waals surface area (Å²) in [7, 11) is 0. The normalized spacial score (nSPS) is 12.1. The fourth-order valence-corrected chi connectivity index (χ4v) is 2.07. The molecule has 0 heterocycles. The fraction of sp³-hybridized carbons (Fsp3) is 0.571. The zero-order valence-electron chi connectivity index (χ0n) is 10.7. The van der Waals surface area contributed by atoms with Crippen molar-refractivity contribution in [2.24, 2.45) is 5.73 Å². The highest BCUT2D eigenvalue weighted by atomic mass is 15.1. The summed E-state index contributed by atoms with van der Waals surface area (Å²) in [6.45, 7) is 10.6. The molecule has 0 bridgehead atoms. The summed E-state index contributed by atoms with van der Waals surface area (Å²) in [6, 6.07) is 10.7. The minimum absolute atomic E-state index is 0.187. The predicted octanol–water partition coefficient (Wildman–Crippen LogP) is 2.24. The summed E-state index contributed by atoms with van der Waals surface area (Å²) >= 11 is 0. The van der Waals surface area contributed by atoms with Gasteiger partial charge >= 0.3 is 0 Å². The molecular formula is C14H24N2. The van der Waals surface area contributed by atoms with E-state index in [2.05, 4.69) is 56.0 Å². The molecule has 2 nitrogen and oxygen atoms in total. The molecule has 0 aliphatic heterocycles. The molecule has 90 valence electrons. The molecule has 0 atom stereocenters. The first-order valence-electron chi connectivity index (χ1n) is 6.08. The summed E-state index contributed by atoms with van der Waals surface area (Å²) in [5, 5.41) is 0.